The van der Waals surface area contributed by atoms with Crippen molar-refractivity contribution in [2.45, 2.75) is 25.1 Å². The average molecular weight is 407 g/mol. The minimum Gasteiger partial charge on any atom is -0.459 e. The molecule has 0 bridgehead atoms. The Hall–Kier alpha value is -2.48. The highest BCUT2D eigenvalue weighted by atomic mass is 19.4. The minimum atomic E-state index is -4.33. The standard InChI is InChI=1S/C21H24F3N3O2/c22-21(23,24)16-4-1-5-17(14-16)25-9-11-26(12-10-25)18-6-2-8-27(15-18)20(28)19-7-3-13-29-19/h1,3-5,7,13-14,18H,2,6,8-12,15H2/t18-/m0/s1. The summed E-state index contributed by atoms with van der Waals surface area (Å²) in [4.78, 5) is 18.7. The maximum atomic E-state index is 13.0. The summed E-state index contributed by atoms with van der Waals surface area (Å²) >= 11 is 0. The Labute approximate surface area is 167 Å². The fourth-order valence-electron chi connectivity index (χ4n) is 4.22. The first kappa shape index (κ1) is 19.8. The number of carbonyl (C=O) groups is 1. The van der Waals surface area contributed by atoms with E-state index in [9.17, 15) is 18.0 Å². The Balaban J connectivity index is 1.35. The summed E-state index contributed by atoms with van der Waals surface area (Å²) in [5.41, 5.74) is -0.00506. The largest absolute Gasteiger partial charge is 0.459 e. The Morgan fingerprint density at radius 2 is 1.83 bits per heavy atom. The summed E-state index contributed by atoms with van der Waals surface area (Å²) in [5, 5.41) is 0. The van der Waals surface area contributed by atoms with Gasteiger partial charge in [0, 0.05) is 51.0 Å². The van der Waals surface area contributed by atoms with E-state index in [2.05, 4.69) is 4.90 Å². The smallest absolute Gasteiger partial charge is 0.416 e. The van der Waals surface area contributed by atoms with Crippen LogP contribution in [0.4, 0.5) is 18.9 Å². The molecule has 2 aliphatic heterocycles. The van der Waals surface area contributed by atoms with Crippen molar-refractivity contribution in [1.82, 2.24) is 9.80 Å². The van der Waals surface area contributed by atoms with E-state index < -0.39 is 11.7 Å². The first-order valence-electron chi connectivity index (χ1n) is 9.91. The molecular formula is C21H24F3N3O2. The molecule has 8 heteroatoms. The van der Waals surface area contributed by atoms with Gasteiger partial charge in [0.05, 0.1) is 11.8 Å². The zero-order valence-corrected chi connectivity index (χ0v) is 16.1. The maximum absolute atomic E-state index is 13.0. The number of hydrogen-bond donors (Lipinski definition) is 0. The number of hydrogen-bond acceptors (Lipinski definition) is 4. The van der Waals surface area contributed by atoms with Gasteiger partial charge in [0.1, 0.15) is 0 Å². The quantitative estimate of drug-likeness (QED) is 0.778. The van der Waals surface area contributed by atoms with Crippen LogP contribution in [0.15, 0.2) is 47.1 Å². The molecule has 0 spiro atoms. The first-order chi connectivity index (χ1) is 13.9. The minimum absolute atomic E-state index is 0.0812. The van der Waals surface area contributed by atoms with E-state index in [-0.39, 0.29) is 11.9 Å². The Morgan fingerprint density at radius 3 is 2.52 bits per heavy atom. The Morgan fingerprint density at radius 1 is 1.03 bits per heavy atom. The van der Waals surface area contributed by atoms with Crippen LogP contribution in [-0.2, 0) is 6.18 Å². The SMILES string of the molecule is O=C(c1ccco1)N1CCC[C@H](N2CCN(c3cccc(C(F)(F)F)c3)CC2)C1. The van der Waals surface area contributed by atoms with Crippen LogP contribution >= 0.6 is 0 Å². The predicted molar refractivity (Wildman–Crippen MR) is 103 cm³/mol. The van der Waals surface area contributed by atoms with Crippen molar-refractivity contribution in [1.29, 1.82) is 0 Å². The molecule has 2 aliphatic rings. The van der Waals surface area contributed by atoms with Crippen molar-refractivity contribution < 1.29 is 22.4 Å². The molecule has 3 heterocycles. The second kappa shape index (κ2) is 8.10. The number of furan rings is 1. The zero-order chi connectivity index (χ0) is 20.4. The molecule has 1 aromatic carbocycles. The molecule has 0 radical (unpaired) electrons. The van der Waals surface area contributed by atoms with Gasteiger partial charge in [-0.15, -0.1) is 0 Å². The van der Waals surface area contributed by atoms with Crippen LogP contribution in [0.5, 0.6) is 0 Å². The lowest BCUT2D eigenvalue weighted by Gasteiger charge is -2.43. The molecule has 29 heavy (non-hydrogen) atoms. The number of carbonyl (C=O) groups excluding carboxylic acids is 1. The second-order valence-electron chi connectivity index (χ2n) is 7.60. The number of piperazine rings is 1. The van der Waals surface area contributed by atoms with Crippen LogP contribution in [-0.4, -0.2) is 61.0 Å². The molecule has 1 atom stereocenters. The highest BCUT2D eigenvalue weighted by Crippen LogP contribution is 2.32. The summed E-state index contributed by atoms with van der Waals surface area (Å²) in [5.74, 6) is 0.280. The van der Waals surface area contributed by atoms with Crippen LogP contribution < -0.4 is 4.90 Å². The topological polar surface area (TPSA) is 39.9 Å². The Kier molecular flexibility index (Phi) is 5.54. The predicted octanol–water partition coefficient (Wildman–Crippen LogP) is 3.73. The third kappa shape index (κ3) is 4.42. The van der Waals surface area contributed by atoms with E-state index in [0.29, 0.717) is 31.1 Å². The van der Waals surface area contributed by atoms with Crippen molar-refractivity contribution in [2.24, 2.45) is 0 Å². The highest BCUT2D eigenvalue weighted by Gasteiger charge is 2.33. The van der Waals surface area contributed by atoms with E-state index in [1.165, 1.54) is 18.4 Å². The number of alkyl halides is 3. The van der Waals surface area contributed by atoms with E-state index >= 15 is 0 Å². The van der Waals surface area contributed by atoms with Gasteiger partial charge in [0.25, 0.3) is 5.91 Å². The summed E-state index contributed by atoms with van der Waals surface area (Å²) in [6.07, 6.45) is -0.873. The zero-order valence-electron chi connectivity index (χ0n) is 16.1. The van der Waals surface area contributed by atoms with Crippen LogP contribution in [0.3, 0.4) is 0 Å². The van der Waals surface area contributed by atoms with Crippen LogP contribution in [0.2, 0.25) is 0 Å². The molecule has 0 unspecified atom stereocenters. The molecule has 5 nitrogen and oxygen atoms in total. The molecule has 2 aromatic rings. The van der Waals surface area contributed by atoms with Gasteiger partial charge in [-0.2, -0.15) is 13.2 Å². The molecular weight excluding hydrogens is 383 g/mol. The molecule has 4 rings (SSSR count). The lowest BCUT2D eigenvalue weighted by atomic mass is 10.0. The molecule has 156 valence electrons. The molecule has 0 saturated carbocycles. The number of likely N-dealkylation sites (tertiary alicyclic amines) is 1. The van der Waals surface area contributed by atoms with Gasteiger partial charge in [0.2, 0.25) is 0 Å². The number of piperidine rings is 1. The van der Waals surface area contributed by atoms with Gasteiger partial charge in [0.15, 0.2) is 5.76 Å². The van der Waals surface area contributed by atoms with E-state index in [0.717, 1.165) is 38.5 Å². The van der Waals surface area contributed by atoms with E-state index in [1.807, 2.05) is 9.80 Å². The van der Waals surface area contributed by atoms with Crippen molar-refractivity contribution >= 4 is 11.6 Å². The van der Waals surface area contributed by atoms with Crippen molar-refractivity contribution in [2.75, 3.05) is 44.2 Å². The summed E-state index contributed by atoms with van der Waals surface area (Å²) in [6, 6.07) is 9.18. The van der Waals surface area contributed by atoms with Crippen molar-refractivity contribution in [3.05, 3.63) is 54.0 Å². The van der Waals surface area contributed by atoms with Crippen LogP contribution in [0.25, 0.3) is 0 Å². The fourth-order valence-corrected chi connectivity index (χ4v) is 4.22. The van der Waals surface area contributed by atoms with Gasteiger partial charge >= 0.3 is 6.18 Å². The Bertz CT molecular complexity index is 830. The number of rotatable bonds is 3. The monoisotopic (exact) mass is 407 g/mol. The van der Waals surface area contributed by atoms with Gasteiger partial charge in [-0.1, -0.05) is 6.07 Å². The first-order valence-corrected chi connectivity index (χ1v) is 9.91. The number of halogens is 3. The van der Waals surface area contributed by atoms with Crippen LogP contribution in [0, 0.1) is 0 Å². The van der Waals surface area contributed by atoms with Crippen LogP contribution in [0.1, 0.15) is 29.0 Å². The number of amides is 1. The maximum Gasteiger partial charge on any atom is 0.416 e. The number of nitrogens with zero attached hydrogens (tertiary/aromatic N) is 3. The summed E-state index contributed by atoms with van der Waals surface area (Å²) < 4.78 is 44.2. The lowest BCUT2D eigenvalue weighted by molar-refractivity contribution is -0.137. The van der Waals surface area contributed by atoms with Gasteiger partial charge in [-0.3, -0.25) is 9.69 Å². The molecule has 2 saturated heterocycles. The normalized spacial score (nSPS) is 21.4. The molecule has 0 N–H and O–H groups in total. The summed E-state index contributed by atoms with van der Waals surface area (Å²) in [7, 11) is 0. The highest BCUT2D eigenvalue weighted by molar-refractivity contribution is 5.91. The third-order valence-corrected chi connectivity index (χ3v) is 5.78. The fraction of sp³-hybridized carbons (Fsp3) is 0.476. The van der Waals surface area contributed by atoms with Crippen molar-refractivity contribution in [3.8, 4) is 0 Å². The van der Waals surface area contributed by atoms with Crippen molar-refractivity contribution in [3.63, 3.8) is 0 Å². The molecule has 1 amide bonds. The number of benzene rings is 1. The second-order valence-corrected chi connectivity index (χ2v) is 7.60. The van der Waals surface area contributed by atoms with Gasteiger partial charge < -0.3 is 14.2 Å². The lowest BCUT2D eigenvalue weighted by Crippen LogP contribution is -2.55. The number of anilines is 1. The van der Waals surface area contributed by atoms with Gasteiger partial charge in [-0.25, -0.2) is 0 Å². The molecule has 1 aromatic heterocycles. The molecule has 2 fully saturated rings. The van der Waals surface area contributed by atoms with E-state index in [1.54, 1.807) is 18.2 Å². The molecule has 0 aliphatic carbocycles. The third-order valence-electron chi connectivity index (χ3n) is 5.78. The average Bonchev–Trinajstić information content (AvgIpc) is 3.28. The van der Waals surface area contributed by atoms with E-state index in [4.69, 9.17) is 4.42 Å². The van der Waals surface area contributed by atoms with Gasteiger partial charge in [-0.05, 0) is 43.2 Å². The summed E-state index contributed by atoms with van der Waals surface area (Å²) in [6.45, 7) is 4.25.